The molecule has 3 rings (SSSR count). The second-order valence-corrected chi connectivity index (χ2v) is 6.37. The lowest BCUT2D eigenvalue weighted by atomic mass is 10.1. The van der Waals surface area contributed by atoms with Crippen LogP contribution < -0.4 is 5.69 Å². The van der Waals surface area contributed by atoms with Gasteiger partial charge < -0.3 is 14.2 Å². The van der Waals surface area contributed by atoms with Crippen LogP contribution in [0.25, 0.3) is 0 Å². The lowest BCUT2D eigenvalue weighted by molar-refractivity contribution is 0.0725. The van der Waals surface area contributed by atoms with E-state index in [0.717, 1.165) is 12.0 Å². The molecule has 1 aromatic heterocycles. The fourth-order valence-corrected chi connectivity index (χ4v) is 3.10. The maximum atomic E-state index is 12.6. The first-order valence-corrected chi connectivity index (χ1v) is 8.19. The average Bonchev–Trinajstić information content (AvgIpc) is 3.16. The molecule has 1 amide bonds. The average molecular weight is 329 g/mol. The Bertz CT molecular complexity index is 764. The van der Waals surface area contributed by atoms with Crippen molar-refractivity contribution in [2.24, 2.45) is 20.0 Å². The normalized spacial score (nSPS) is 17.4. The number of hydrogen-bond donors (Lipinski definition) is 0. The van der Waals surface area contributed by atoms with Crippen molar-refractivity contribution in [3.05, 3.63) is 58.3 Å². The Morgan fingerprint density at radius 2 is 2.00 bits per heavy atom. The number of carbonyl (C=O) groups excluding carboxylic acids is 1. The molecular formula is C18H23N3O3. The topological polar surface area (TPSA) is 56.5 Å². The Hall–Kier alpha value is -2.34. The standard InChI is InChI=1S/C18H23N3O3/c1-19-11-16(20(2)18(19)23)17(22)21-9-8-15(10-21)13-24-12-14-6-4-3-5-7-14/h3-7,11,15H,8-10,12-13H2,1-2H3. The van der Waals surface area contributed by atoms with Gasteiger partial charge in [0.1, 0.15) is 5.69 Å². The zero-order valence-electron chi connectivity index (χ0n) is 14.1. The highest BCUT2D eigenvalue weighted by Crippen LogP contribution is 2.19. The van der Waals surface area contributed by atoms with Gasteiger partial charge in [0.15, 0.2) is 0 Å². The Labute approximate surface area is 141 Å². The van der Waals surface area contributed by atoms with Gasteiger partial charge in [-0.2, -0.15) is 0 Å². The second kappa shape index (κ2) is 7.05. The SMILES string of the molecule is Cn1cc(C(=O)N2CCC(COCc3ccccc3)C2)n(C)c1=O. The van der Waals surface area contributed by atoms with Crippen LogP contribution in [-0.2, 0) is 25.4 Å². The van der Waals surface area contributed by atoms with Crippen molar-refractivity contribution in [1.82, 2.24) is 14.0 Å². The molecule has 24 heavy (non-hydrogen) atoms. The van der Waals surface area contributed by atoms with E-state index in [1.165, 1.54) is 9.13 Å². The van der Waals surface area contributed by atoms with Crippen molar-refractivity contribution in [1.29, 1.82) is 0 Å². The highest BCUT2D eigenvalue weighted by molar-refractivity contribution is 5.92. The third-order valence-corrected chi connectivity index (χ3v) is 4.52. The third-order valence-electron chi connectivity index (χ3n) is 4.52. The van der Waals surface area contributed by atoms with E-state index in [-0.39, 0.29) is 11.6 Å². The van der Waals surface area contributed by atoms with Gasteiger partial charge in [-0.05, 0) is 12.0 Å². The second-order valence-electron chi connectivity index (χ2n) is 6.37. The number of amides is 1. The third kappa shape index (κ3) is 3.43. The number of likely N-dealkylation sites (tertiary alicyclic amines) is 1. The van der Waals surface area contributed by atoms with Gasteiger partial charge in [-0.3, -0.25) is 9.36 Å². The summed E-state index contributed by atoms with van der Waals surface area (Å²) in [5.41, 5.74) is 1.41. The van der Waals surface area contributed by atoms with Gasteiger partial charge in [-0.15, -0.1) is 0 Å². The van der Waals surface area contributed by atoms with Crippen LogP contribution in [0.2, 0.25) is 0 Å². The summed E-state index contributed by atoms with van der Waals surface area (Å²) in [4.78, 5) is 26.2. The number of benzene rings is 1. The van der Waals surface area contributed by atoms with Crippen LogP contribution in [0.3, 0.4) is 0 Å². The molecule has 1 fully saturated rings. The smallest absolute Gasteiger partial charge is 0.328 e. The molecule has 1 unspecified atom stereocenters. The molecule has 0 spiro atoms. The number of aryl methyl sites for hydroxylation is 1. The maximum Gasteiger partial charge on any atom is 0.328 e. The molecule has 0 saturated carbocycles. The van der Waals surface area contributed by atoms with Crippen molar-refractivity contribution < 1.29 is 9.53 Å². The van der Waals surface area contributed by atoms with Gasteiger partial charge in [0.25, 0.3) is 5.91 Å². The summed E-state index contributed by atoms with van der Waals surface area (Å²) in [6.45, 7) is 2.63. The Balaban J connectivity index is 1.52. The molecule has 2 aromatic rings. The van der Waals surface area contributed by atoms with Crippen molar-refractivity contribution in [3.8, 4) is 0 Å². The fourth-order valence-electron chi connectivity index (χ4n) is 3.10. The van der Waals surface area contributed by atoms with Gasteiger partial charge in [0.2, 0.25) is 0 Å². The van der Waals surface area contributed by atoms with E-state index < -0.39 is 0 Å². The van der Waals surface area contributed by atoms with Gasteiger partial charge in [-0.1, -0.05) is 30.3 Å². The number of rotatable bonds is 5. The summed E-state index contributed by atoms with van der Waals surface area (Å²) in [6.07, 6.45) is 2.53. The van der Waals surface area contributed by atoms with Crippen LogP contribution in [0.1, 0.15) is 22.5 Å². The largest absolute Gasteiger partial charge is 0.376 e. The minimum absolute atomic E-state index is 0.0826. The monoisotopic (exact) mass is 329 g/mol. The van der Waals surface area contributed by atoms with E-state index in [1.807, 2.05) is 35.2 Å². The molecule has 0 radical (unpaired) electrons. The van der Waals surface area contributed by atoms with E-state index in [4.69, 9.17) is 4.74 Å². The number of imidazole rings is 1. The van der Waals surface area contributed by atoms with Gasteiger partial charge in [-0.25, -0.2) is 4.79 Å². The molecule has 128 valence electrons. The van der Waals surface area contributed by atoms with Crippen LogP contribution in [0.15, 0.2) is 41.3 Å². The molecular weight excluding hydrogens is 306 g/mol. The first-order valence-electron chi connectivity index (χ1n) is 8.19. The van der Waals surface area contributed by atoms with Crippen LogP contribution in [0, 0.1) is 5.92 Å². The molecule has 6 heteroatoms. The van der Waals surface area contributed by atoms with E-state index >= 15 is 0 Å². The molecule has 6 nitrogen and oxygen atoms in total. The molecule has 0 bridgehead atoms. The maximum absolute atomic E-state index is 12.6. The number of carbonyl (C=O) groups is 1. The van der Waals surface area contributed by atoms with Crippen LogP contribution >= 0.6 is 0 Å². The van der Waals surface area contributed by atoms with Gasteiger partial charge in [0.05, 0.1) is 13.2 Å². The molecule has 1 aliphatic rings. The molecule has 0 N–H and O–H groups in total. The molecule has 2 heterocycles. The predicted octanol–water partition coefficient (Wildman–Crippen LogP) is 1.40. The van der Waals surface area contributed by atoms with Crippen molar-refractivity contribution in [2.75, 3.05) is 19.7 Å². The lowest BCUT2D eigenvalue weighted by Crippen LogP contribution is -2.32. The zero-order chi connectivity index (χ0) is 17.1. The minimum Gasteiger partial charge on any atom is -0.376 e. The van der Waals surface area contributed by atoms with Gasteiger partial charge in [0, 0.05) is 39.3 Å². The summed E-state index contributed by atoms with van der Waals surface area (Å²) in [7, 11) is 3.29. The molecule has 1 aliphatic heterocycles. The van der Waals surface area contributed by atoms with Crippen molar-refractivity contribution in [3.63, 3.8) is 0 Å². The first kappa shape index (κ1) is 16.5. The number of hydrogen-bond acceptors (Lipinski definition) is 3. The quantitative estimate of drug-likeness (QED) is 0.833. The Morgan fingerprint density at radius 3 is 2.67 bits per heavy atom. The molecule has 0 aliphatic carbocycles. The summed E-state index contributed by atoms with van der Waals surface area (Å²) in [6, 6.07) is 10.1. The van der Waals surface area contributed by atoms with Crippen LogP contribution in [0.5, 0.6) is 0 Å². The van der Waals surface area contributed by atoms with Crippen molar-refractivity contribution >= 4 is 5.91 Å². The van der Waals surface area contributed by atoms with Crippen molar-refractivity contribution in [2.45, 2.75) is 13.0 Å². The van der Waals surface area contributed by atoms with Gasteiger partial charge >= 0.3 is 5.69 Å². The molecule has 1 atom stereocenters. The van der Waals surface area contributed by atoms with Crippen LogP contribution in [-0.4, -0.2) is 39.6 Å². The summed E-state index contributed by atoms with van der Waals surface area (Å²) < 4.78 is 8.63. The highest BCUT2D eigenvalue weighted by atomic mass is 16.5. The van der Waals surface area contributed by atoms with E-state index in [0.29, 0.717) is 37.9 Å². The minimum atomic E-state index is -0.180. The number of nitrogens with zero attached hydrogens (tertiary/aromatic N) is 3. The summed E-state index contributed by atoms with van der Waals surface area (Å²) >= 11 is 0. The number of aromatic nitrogens is 2. The molecule has 1 aromatic carbocycles. The zero-order valence-corrected chi connectivity index (χ0v) is 14.1. The Kier molecular flexibility index (Phi) is 4.85. The molecule has 1 saturated heterocycles. The van der Waals surface area contributed by atoms with E-state index in [2.05, 4.69) is 0 Å². The van der Waals surface area contributed by atoms with E-state index in [9.17, 15) is 9.59 Å². The fraction of sp³-hybridized carbons (Fsp3) is 0.444. The first-order chi connectivity index (χ1) is 11.6. The lowest BCUT2D eigenvalue weighted by Gasteiger charge is -2.16. The predicted molar refractivity (Wildman–Crippen MR) is 90.8 cm³/mol. The summed E-state index contributed by atoms with van der Waals surface area (Å²) in [5.74, 6) is 0.263. The van der Waals surface area contributed by atoms with E-state index in [1.54, 1.807) is 20.3 Å². The summed E-state index contributed by atoms with van der Waals surface area (Å²) in [5, 5.41) is 0. The number of ether oxygens (including phenoxy) is 1. The highest BCUT2D eigenvalue weighted by Gasteiger charge is 2.29. The Morgan fingerprint density at radius 1 is 1.25 bits per heavy atom. The van der Waals surface area contributed by atoms with Crippen LogP contribution in [0.4, 0.5) is 0 Å².